The number of benzene rings is 2. The Balaban J connectivity index is 1.82. The predicted molar refractivity (Wildman–Crippen MR) is 101 cm³/mol. The van der Waals surface area contributed by atoms with Crippen molar-refractivity contribution in [2.45, 2.75) is 13.3 Å². The third-order valence-electron chi connectivity index (χ3n) is 3.71. The first kappa shape index (κ1) is 19.6. The minimum atomic E-state index is -4.80. The Morgan fingerprint density at radius 3 is 2.21 bits per heavy atom. The number of rotatable bonds is 5. The highest BCUT2D eigenvalue weighted by Gasteiger charge is 2.31. The highest BCUT2D eigenvalue weighted by Crippen LogP contribution is 2.35. The van der Waals surface area contributed by atoms with E-state index in [0.29, 0.717) is 10.6 Å². The van der Waals surface area contributed by atoms with Crippen LogP contribution in [0.2, 0.25) is 0 Å². The molecule has 0 unspecified atom stereocenters. The van der Waals surface area contributed by atoms with E-state index in [0.717, 1.165) is 22.6 Å². The maximum Gasteiger partial charge on any atom is 0.573 e. The summed E-state index contributed by atoms with van der Waals surface area (Å²) in [6, 6.07) is 15.6. The van der Waals surface area contributed by atoms with Gasteiger partial charge in [0.05, 0.1) is 10.6 Å². The molecule has 0 aliphatic rings. The van der Waals surface area contributed by atoms with Crippen LogP contribution in [0.1, 0.15) is 27.0 Å². The number of hydrogen-bond acceptors (Lipinski definition) is 4. The largest absolute Gasteiger partial charge is 0.573 e. The van der Waals surface area contributed by atoms with E-state index >= 15 is 0 Å². The summed E-state index contributed by atoms with van der Waals surface area (Å²) >= 11 is 1.26. The number of thiophene rings is 1. The van der Waals surface area contributed by atoms with Gasteiger partial charge in [0, 0.05) is 17.4 Å². The topological polar surface area (TPSA) is 55.4 Å². The molecule has 3 aromatic rings. The highest BCUT2D eigenvalue weighted by molar-refractivity contribution is 7.18. The molecule has 28 heavy (non-hydrogen) atoms. The molecule has 0 saturated heterocycles. The van der Waals surface area contributed by atoms with E-state index < -0.39 is 18.0 Å². The van der Waals surface area contributed by atoms with Crippen molar-refractivity contribution in [2.75, 3.05) is 5.32 Å². The summed E-state index contributed by atoms with van der Waals surface area (Å²) in [5.41, 5.74) is 1.40. The van der Waals surface area contributed by atoms with Crippen LogP contribution in [0.15, 0.2) is 60.7 Å². The number of carbonyl (C=O) groups is 2. The maximum atomic E-state index is 12.5. The van der Waals surface area contributed by atoms with E-state index in [1.165, 1.54) is 30.4 Å². The first-order valence-corrected chi connectivity index (χ1v) is 8.92. The van der Waals surface area contributed by atoms with E-state index in [1.807, 2.05) is 30.3 Å². The van der Waals surface area contributed by atoms with Crippen LogP contribution in [-0.4, -0.2) is 18.1 Å². The number of Topliss-reactive ketones (excluding diaryl/α,β-unsaturated/α-hetero) is 1. The molecule has 0 fully saturated rings. The minimum absolute atomic E-state index is 0.136. The van der Waals surface area contributed by atoms with Gasteiger partial charge >= 0.3 is 6.36 Å². The molecule has 0 aliphatic heterocycles. The molecule has 0 spiro atoms. The summed E-state index contributed by atoms with van der Waals surface area (Å²) < 4.78 is 40.4. The van der Waals surface area contributed by atoms with Crippen molar-refractivity contribution in [3.05, 3.63) is 71.1 Å². The first-order chi connectivity index (χ1) is 13.2. The van der Waals surface area contributed by atoms with Gasteiger partial charge < -0.3 is 10.1 Å². The zero-order valence-corrected chi connectivity index (χ0v) is 15.4. The van der Waals surface area contributed by atoms with Crippen molar-refractivity contribution in [2.24, 2.45) is 0 Å². The van der Waals surface area contributed by atoms with Gasteiger partial charge in [-0.1, -0.05) is 30.3 Å². The number of ether oxygens (including phenoxy) is 1. The lowest BCUT2D eigenvalue weighted by atomic mass is 10.1. The summed E-state index contributed by atoms with van der Waals surface area (Å²) in [6.07, 6.45) is -4.80. The smallest absolute Gasteiger partial charge is 0.406 e. The Labute approximate surface area is 162 Å². The van der Waals surface area contributed by atoms with Gasteiger partial charge in [0.2, 0.25) is 0 Å². The maximum absolute atomic E-state index is 12.5. The molecule has 0 bridgehead atoms. The van der Waals surface area contributed by atoms with Crippen molar-refractivity contribution in [1.82, 2.24) is 0 Å². The summed E-state index contributed by atoms with van der Waals surface area (Å²) in [4.78, 5) is 25.6. The number of ketones is 1. The summed E-state index contributed by atoms with van der Waals surface area (Å²) in [6.45, 7) is 1.40. The van der Waals surface area contributed by atoms with Gasteiger partial charge in [-0.2, -0.15) is 0 Å². The van der Waals surface area contributed by atoms with Crippen LogP contribution >= 0.6 is 11.3 Å². The van der Waals surface area contributed by atoms with E-state index in [1.54, 1.807) is 6.07 Å². The highest BCUT2D eigenvalue weighted by atomic mass is 32.1. The Hall–Kier alpha value is -3.13. The number of halogens is 3. The van der Waals surface area contributed by atoms with Crippen LogP contribution in [0.4, 0.5) is 18.9 Å². The lowest BCUT2D eigenvalue weighted by Gasteiger charge is -2.09. The number of carbonyl (C=O) groups excluding carboxylic acids is 2. The number of hydrogen-bond donors (Lipinski definition) is 1. The second kappa shape index (κ2) is 7.85. The van der Waals surface area contributed by atoms with Crippen LogP contribution in [-0.2, 0) is 0 Å². The molecule has 0 aliphatic carbocycles. The fraction of sp³-hybridized carbons (Fsp3) is 0.100. The molecule has 1 heterocycles. The van der Waals surface area contributed by atoms with Gasteiger partial charge in [0.15, 0.2) is 5.78 Å². The lowest BCUT2D eigenvalue weighted by Crippen LogP contribution is -2.17. The second-order valence-electron chi connectivity index (χ2n) is 5.80. The number of amides is 1. The number of nitrogens with one attached hydrogen (secondary N) is 1. The summed E-state index contributed by atoms with van der Waals surface area (Å²) in [5, 5.41) is 2.65. The van der Waals surface area contributed by atoms with Crippen LogP contribution in [0, 0.1) is 0 Å². The molecular formula is C20H14F3NO3S. The molecule has 0 atom stereocenters. The first-order valence-electron chi connectivity index (χ1n) is 8.10. The number of alkyl halides is 3. The van der Waals surface area contributed by atoms with Crippen molar-refractivity contribution in [3.63, 3.8) is 0 Å². The standard InChI is InChI=1S/C20H14F3NO3S/c1-12(25)18-16(11-17(28-18)13-5-3-2-4-6-13)24-19(26)14-7-9-15(10-8-14)27-20(21,22)23/h2-11H,1H3,(H,24,26). The third-order valence-corrected chi connectivity index (χ3v) is 4.99. The Kier molecular flexibility index (Phi) is 5.51. The monoisotopic (exact) mass is 405 g/mol. The van der Waals surface area contributed by atoms with Gasteiger partial charge in [-0.15, -0.1) is 24.5 Å². The molecule has 8 heteroatoms. The van der Waals surface area contributed by atoms with Gasteiger partial charge in [-0.3, -0.25) is 9.59 Å². The Bertz CT molecular complexity index is 996. The quantitative estimate of drug-likeness (QED) is 0.549. The van der Waals surface area contributed by atoms with Crippen LogP contribution in [0.5, 0.6) is 5.75 Å². The molecule has 1 aromatic heterocycles. The van der Waals surface area contributed by atoms with Crippen LogP contribution in [0.25, 0.3) is 10.4 Å². The van der Waals surface area contributed by atoms with Crippen molar-refractivity contribution in [1.29, 1.82) is 0 Å². The zero-order chi connectivity index (χ0) is 20.3. The lowest BCUT2D eigenvalue weighted by molar-refractivity contribution is -0.274. The molecule has 144 valence electrons. The van der Waals surface area contributed by atoms with Crippen LogP contribution < -0.4 is 10.1 Å². The average molecular weight is 405 g/mol. The second-order valence-corrected chi connectivity index (χ2v) is 6.85. The third kappa shape index (κ3) is 4.77. The molecule has 3 rings (SSSR count). The van der Waals surface area contributed by atoms with Gasteiger partial charge in [-0.25, -0.2) is 0 Å². The van der Waals surface area contributed by atoms with Crippen molar-refractivity contribution in [3.8, 4) is 16.2 Å². The van der Waals surface area contributed by atoms with Crippen molar-refractivity contribution < 1.29 is 27.5 Å². The minimum Gasteiger partial charge on any atom is -0.406 e. The van der Waals surface area contributed by atoms with Crippen molar-refractivity contribution >= 4 is 28.7 Å². The molecule has 1 amide bonds. The fourth-order valence-corrected chi connectivity index (χ4v) is 3.51. The zero-order valence-electron chi connectivity index (χ0n) is 14.5. The average Bonchev–Trinajstić information content (AvgIpc) is 3.06. The van der Waals surface area contributed by atoms with Gasteiger partial charge in [-0.05, 0) is 35.9 Å². The molecule has 1 N–H and O–H groups in total. The molecule has 0 saturated carbocycles. The van der Waals surface area contributed by atoms with E-state index in [-0.39, 0.29) is 11.3 Å². The molecule has 4 nitrogen and oxygen atoms in total. The molecule has 0 radical (unpaired) electrons. The molecular weight excluding hydrogens is 391 g/mol. The number of anilines is 1. The SMILES string of the molecule is CC(=O)c1sc(-c2ccccc2)cc1NC(=O)c1ccc(OC(F)(F)F)cc1. The molecule has 2 aromatic carbocycles. The summed E-state index contributed by atoms with van der Waals surface area (Å²) in [5.74, 6) is -1.16. The fourth-order valence-electron chi connectivity index (χ4n) is 2.49. The summed E-state index contributed by atoms with van der Waals surface area (Å²) in [7, 11) is 0. The van der Waals surface area contributed by atoms with E-state index in [4.69, 9.17) is 0 Å². The van der Waals surface area contributed by atoms with Gasteiger partial charge in [0.25, 0.3) is 5.91 Å². The normalized spacial score (nSPS) is 11.1. The van der Waals surface area contributed by atoms with E-state index in [2.05, 4.69) is 10.1 Å². The Morgan fingerprint density at radius 1 is 1.00 bits per heavy atom. The predicted octanol–water partition coefficient (Wildman–Crippen LogP) is 5.77. The Morgan fingerprint density at radius 2 is 1.64 bits per heavy atom. The van der Waals surface area contributed by atoms with Crippen LogP contribution in [0.3, 0.4) is 0 Å². The van der Waals surface area contributed by atoms with Gasteiger partial charge in [0.1, 0.15) is 5.75 Å². The van der Waals surface area contributed by atoms with E-state index in [9.17, 15) is 22.8 Å².